The summed E-state index contributed by atoms with van der Waals surface area (Å²) >= 11 is 10.3. The van der Waals surface area contributed by atoms with Crippen molar-refractivity contribution in [2.24, 2.45) is 0 Å². The molecule has 1 fully saturated rings. The van der Waals surface area contributed by atoms with Crippen LogP contribution in [0.5, 0.6) is 11.5 Å². The number of carbonyl (C=O) groups excluding carboxylic acids is 1. The summed E-state index contributed by atoms with van der Waals surface area (Å²) in [4.78, 5) is 15.2. The molecule has 0 spiro atoms. The standard InChI is InChI=1S/C21H20BrNO3S2/c1-5-26-18-11-16(22)14(9-17(18)25-4)10-19-20(24)23(21(27)28-19)15-7-6-12(2)13(3)8-15/h6-11H,5H2,1-4H3/b19-10-. The molecule has 1 saturated heterocycles. The topological polar surface area (TPSA) is 38.8 Å². The van der Waals surface area contributed by atoms with Gasteiger partial charge in [0.15, 0.2) is 15.8 Å². The van der Waals surface area contributed by atoms with Crippen molar-refractivity contribution in [3.63, 3.8) is 0 Å². The van der Waals surface area contributed by atoms with Crippen molar-refractivity contribution in [1.29, 1.82) is 0 Å². The fourth-order valence-electron chi connectivity index (χ4n) is 2.79. The van der Waals surface area contributed by atoms with Gasteiger partial charge in [-0.25, -0.2) is 0 Å². The molecule has 0 aromatic heterocycles. The fourth-order valence-corrected chi connectivity index (χ4v) is 4.51. The summed E-state index contributed by atoms with van der Waals surface area (Å²) < 4.78 is 12.3. The number of thiocarbonyl (C=S) groups is 1. The second kappa shape index (κ2) is 8.68. The Morgan fingerprint density at radius 3 is 2.57 bits per heavy atom. The van der Waals surface area contributed by atoms with Crippen molar-refractivity contribution >= 4 is 61.9 Å². The van der Waals surface area contributed by atoms with Crippen molar-refractivity contribution in [3.8, 4) is 11.5 Å². The summed E-state index contributed by atoms with van der Waals surface area (Å²) in [6, 6.07) is 9.60. The van der Waals surface area contributed by atoms with Crippen LogP contribution in [0.1, 0.15) is 23.6 Å². The number of methoxy groups -OCH3 is 1. The number of hydrogen-bond acceptors (Lipinski definition) is 5. The molecule has 0 aliphatic carbocycles. The second-order valence-electron chi connectivity index (χ2n) is 6.24. The van der Waals surface area contributed by atoms with Crippen LogP contribution in [0.2, 0.25) is 0 Å². The average Bonchev–Trinajstić information content (AvgIpc) is 2.93. The molecule has 1 amide bonds. The maximum atomic E-state index is 13.0. The van der Waals surface area contributed by atoms with E-state index >= 15 is 0 Å². The highest BCUT2D eigenvalue weighted by atomic mass is 79.9. The minimum Gasteiger partial charge on any atom is -0.493 e. The van der Waals surface area contributed by atoms with Gasteiger partial charge in [0.05, 0.1) is 24.3 Å². The van der Waals surface area contributed by atoms with E-state index in [4.69, 9.17) is 21.7 Å². The molecule has 0 N–H and O–H groups in total. The van der Waals surface area contributed by atoms with Gasteiger partial charge in [-0.15, -0.1) is 0 Å². The molecule has 3 rings (SSSR count). The van der Waals surface area contributed by atoms with E-state index < -0.39 is 0 Å². The van der Waals surface area contributed by atoms with Crippen molar-refractivity contribution in [3.05, 3.63) is 56.4 Å². The lowest BCUT2D eigenvalue weighted by atomic mass is 10.1. The van der Waals surface area contributed by atoms with Gasteiger partial charge in [-0.2, -0.15) is 0 Å². The number of benzene rings is 2. The number of ether oxygens (including phenoxy) is 2. The molecule has 146 valence electrons. The first-order valence-corrected chi connectivity index (χ1v) is 10.7. The molecule has 0 unspecified atom stereocenters. The predicted octanol–water partition coefficient (Wildman–Crippen LogP) is 5.88. The van der Waals surface area contributed by atoms with Crippen LogP contribution in [0, 0.1) is 13.8 Å². The zero-order valence-corrected chi connectivity index (χ0v) is 19.3. The van der Waals surface area contributed by atoms with Gasteiger partial charge >= 0.3 is 0 Å². The predicted molar refractivity (Wildman–Crippen MR) is 123 cm³/mol. The van der Waals surface area contributed by atoms with Gasteiger partial charge in [0.25, 0.3) is 5.91 Å². The molecule has 1 aliphatic heterocycles. The monoisotopic (exact) mass is 477 g/mol. The van der Waals surface area contributed by atoms with Crippen molar-refractivity contribution in [1.82, 2.24) is 0 Å². The largest absolute Gasteiger partial charge is 0.493 e. The Hall–Kier alpha value is -1.83. The van der Waals surface area contributed by atoms with E-state index in [9.17, 15) is 4.79 Å². The quantitative estimate of drug-likeness (QED) is 0.397. The molecule has 2 aromatic carbocycles. The minimum absolute atomic E-state index is 0.127. The molecule has 1 aliphatic rings. The van der Waals surface area contributed by atoms with Crippen LogP contribution in [-0.4, -0.2) is 23.9 Å². The SMILES string of the molecule is CCOc1cc(Br)c(/C=C2\SC(=S)N(c3ccc(C)c(C)c3)C2=O)cc1OC. The van der Waals surface area contributed by atoms with E-state index in [2.05, 4.69) is 15.9 Å². The molecular formula is C21H20BrNO3S2. The lowest BCUT2D eigenvalue weighted by Crippen LogP contribution is -2.27. The van der Waals surface area contributed by atoms with Gasteiger partial charge in [-0.05, 0) is 67.8 Å². The van der Waals surface area contributed by atoms with Crippen LogP contribution in [0.3, 0.4) is 0 Å². The Labute approximate surface area is 183 Å². The number of anilines is 1. The molecule has 0 bridgehead atoms. The number of aryl methyl sites for hydroxylation is 2. The number of nitrogens with zero attached hydrogens (tertiary/aromatic N) is 1. The van der Waals surface area contributed by atoms with E-state index in [-0.39, 0.29) is 5.91 Å². The first-order chi connectivity index (χ1) is 13.3. The Kier molecular flexibility index (Phi) is 6.47. The van der Waals surface area contributed by atoms with Crippen molar-refractivity contribution in [2.75, 3.05) is 18.6 Å². The molecule has 28 heavy (non-hydrogen) atoms. The number of rotatable bonds is 5. The van der Waals surface area contributed by atoms with Gasteiger partial charge in [0.2, 0.25) is 0 Å². The van der Waals surface area contributed by atoms with E-state index in [0.29, 0.717) is 27.3 Å². The zero-order valence-electron chi connectivity index (χ0n) is 16.0. The van der Waals surface area contributed by atoms with Gasteiger partial charge in [0, 0.05) is 4.47 Å². The maximum Gasteiger partial charge on any atom is 0.270 e. The van der Waals surface area contributed by atoms with E-state index in [0.717, 1.165) is 21.3 Å². The lowest BCUT2D eigenvalue weighted by Gasteiger charge is -2.16. The fraction of sp³-hybridized carbons (Fsp3) is 0.238. The van der Waals surface area contributed by atoms with Crippen molar-refractivity contribution < 1.29 is 14.3 Å². The van der Waals surface area contributed by atoms with Crippen LogP contribution in [0.15, 0.2) is 39.7 Å². The maximum absolute atomic E-state index is 13.0. The van der Waals surface area contributed by atoms with Gasteiger partial charge in [-0.1, -0.05) is 46.0 Å². The van der Waals surface area contributed by atoms with Crippen LogP contribution in [-0.2, 0) is 4.79 Å². The number of halogens is 1. The summed E-state index contributed by atoms with van der Waals surface area (Å²) in [7, 11) is 1.59. The summed E-state index contributed by atoms with van der Waals surface area (Å²) in [6.45, 7) is 6.52. The van der Waals surface area contributed by atoms with Crippen molar-refractivity contribution in [2.45, 2.75) is 20.8 Å². The molecule has 0 atom stereocenters. The normalized spacial score (nSPS) is 15.5. The third kappa shape index (κ3) is 4.11. The molecule has 2 aromatic rings. The van der Waals surface area contributed by atoms with Crippen LogP contribution < -0.4 is 14.4 Å². The summed E-state index contributed by atoms with van der Waals surface area (Å²) in [6.07, 6.45) is 1.82. The molecular weight excluding hydrogens is 458 g/mol. The highest BCUT2D eigenvalue weighted by Crippen LogP contribution is 2.39. The van der Waals surface area contributed by atoms with Gasteiger partial charge < -0.3 is 9.47 Å². The van der Waals surface area contributed by atoms with Crippen LogP contribution >= 0.6 is 39.9 Å². The molecule has 0 radical (unpaired) electrons. The molecule has 7 heteroatoms. The lowest BCUT2D eigenvalue weighted by molar-refractivity contribution is -0.113. The van der Waals surface area contributed by atoms with Gasteiger partial charge in [-0.3, -0.25) is 9.69 Å². The Bertz CT molecular complexity index is 988. The van der Waals surface area contributed by atoms with E-state index in [1.54, 1.807) is 12.0 Å². The number of carbonyl (C=O) groups is 1. The zero-order chi connectivity index (χ0) is 20.4. The van der Waals surface area contributed by atoms with E-state index in [1.165, 1.54) is 17.3 Å². The average molecular weight is 478 g/mol. The van der Waals surface area contributed by atoms with E-state index in [1.807, 2.05) is 57.2 Å². The first kappa shape index (κ1) is 20.9. The number of thioether (sulfide) groups is 1. The van der Waals surface area contributed by atoms with Gasteiger partial charge in [0.1, 0.15) is 0 Å². The summed E-state index contributed by atoms with van der Waals surface area (Å²) in [5.74, 6) is 1.13. The number of amides is 1. The smallest absolute Gasteiger partial charge is 0.270 e. The highest BCUT2D eigenvalue weighted by Gasteiger charge is 2.33. The Morgan fingerprint density at radius 1 is 1.18 bits per heavy atom. The molecule has 0 saturated carbocycles. The van der Waals surface area contributed by atoms with Crippen LogP contribution in [0.4, 0.5) is 5.69 Å². The number of hydrogen-bond donors (Lipinski definition) is 0. The third-order valence-corrected chi connectivity index (χ3v) is 6.40. The second-order valence-corrected chi connectivity index (χ2v) is 8.77. The van der Waals surface area contributed by atoms with Crippen LogP contribution in [0.25, 0.3) is 6.08 Å². The third-order valence-electron chi connectivity index (χ3n) is 4.41. The summed E-state index contributed by atoms with van der Waals surface area (Å²) in [5.41, 5.74) is 3.91. The molecule has 1 heterocycles. The minimum atomic E-state index is -0.127. The molecule has 4 nitrogen and oxygen atoms in total. The Morgan fingerprint density at radius 2 is 1.93 bits per heavy atom. The first-order valence-electron chi connectivity index (χ1n) is 8.71. The highest BCUT2D eigenvalue weighted by molar-refractivity contribution is 9.10. The Balaban J connectivity index is 1.96. The summed E-state index contributed by atoms with van der Waals surface area (Å²) in [5, 5.41) is 0.